The summed E-state index contributed by atoms with van der Waals surface area (Å²) >= 11 is 0. The number of nitrogens with zero attached hydrogens (tertiary/aromatic N) is 1. The van der Waals surface area contributed by atoms with Crippen LogP contribution in [0.25, 0.3) is 0 Å². The highest BCUT2D eigenvalue weighted by atomic mass is 15.2. The number of aryl methyl sites for hydroxylation is 1. The number of hydrogen-bond acceptors (Lipinski definition) is 2. The van der Waals surface area contributed by atoms with E-state index in [9.17, 15) is 0 Å². The topological polar surface area (TPSA) is 29.3 Å². The Labute approximate surface area is 111 Å². The van der Waals surface area contributed by atoms with Crippen molar-refractivity contribution in [2.45, 2.75) is 33.2 Å². The first kappa shape index (κ1) is 13.6. The summed E-state index contributed by atoms with van der Waals surface area (Å²) in [4.78, 5) is 2.53. The summed E-state index contributed by atoms with van der Waals surface area (Å²) in [5, 5.41) is 0. The van der Waals surface area contributed by atoms with Gasteiger partial charge in [0.15, 0.2) is 0 Å². The molecule has 2 heteroatoms. The van der Waals surface area contributed by atoms with E-state index in [4.69, 9.17) is 5.73 Å². The van der Waals surface area contributed by atoms with Crippen LogP contribution in [0.1, 0.15) is 37.4 Å². The van der Waals surface area contributed by atoms with Gasteiger partial charge in [0, 0.05) is 19.1 Å². The second-order valence-electron chi connectivity index (χ2n) is 6.02. The van der Waals surface area contributed by atoms with Crippen molar-refractivity contribution >= 4 is 0 Å². The molecule has 2 N–H and O–H groups in total. The van der Waals surface area contributed by atoms with Crippen LogP contribution < -0.4 is 5.73 Å². The molecular formula is C16H26N2. The van der Waals surface area contributed by atoms with Gasteiger partial charge in [-0.3, -0.25) is 0 Å². The van der Waals surface area contributed by atoms with Gasteiger partial charge in [0.1, 0.15) is 0 Å². The van der Waals surface area contributed by atoms with Crippen LogP contribution in [0.5, 0.6) is 0 Å². The smallest absolute Gasteiger partial charge is 0.0426 e. The van der Waals surface area contributed by atoms with Crippen molar-refractivity contribution < 1.29 is 0 Å². The predicted molar refractivity (Wildman–Crippen MR) is 77.5 cm³/mol. The highest BCUT2D eigenvalue weighted by Gasteiger charge is 2.26. The Morgan fingerprint density at radius 2 is 2.06 bits per heavy atom. The zero-order chi connectivity index (χ0) is 13.1. The second-order valence-corrected chi connectivity index (χ2v) is 6.02. The Morgan fingerprint density at radius 3 is 2.67 bits per heavy atom. The lowest BCUT2D eigenvalue weighted by Gasteiger charge is -2.23. The summed E-state index contributed by atoms with van der Waals surface area (Å²) in [6.45, 7) is 10.2. The molecule has 0 aromatic heterocycles. The summed E-state index contributed by atoms with van der Waals surface area (Å²) in [5.41, 5.74) is 8.96. The summed E-state index contributed by atoms with van der Waals surface area (Å²) < 4.78 is 0. The quantitative estimate of drug-likeness (QED) is 0.885. The predicted octanol–water partition coefficient (Wildman–Crippen LogP) is 2.97. The van der Waals surface area contributed by atoms with Gasteiger partial charge in [0.25, 0.3) is 0 Å². The molecule has 1 fully saturated rings. The zero-order valence-corrected chi connectivity index (χ0v) is 11.9. The van der Waals surface area contributed by atoms with Crippen molar-refractivity contribution in [1.82, 2.24) is 4.90 Å². The summed E-state index contributed by atoms with van der Waals surface area (Å²) in [7, 11) is 0. The molecule has 1 aromatic rings. The van der Waals surface area contributed by atoms with Crippen LogP contribution in [0, 0.1) is 18.8 Å². The minimum absolute atomic E-state index is 0.150. The van der Waals surface area contributed by atoms with Gasteiger partial charge in [0.2, 0.25) is 0 Å². The molecule has 2 nitrogen and oxygen atoms in total. The molecule has 100 valence electrons. The van der Waals surface area contributed by atoms with E-state index >= 15 is 0 Å². The van der Waals surface area contributed by atoms with Gasteiger partial charge < -0.3 is 10.6 Å². The Hall–Kier alpha value is -0.860. The van der Waals surface area contributed by atoms with Crippen molar-refractivity contribution in [3.63, 3.8) is 0 Å². The number of hydrogen-bond donors (Lipinski definition) is 1. The van der Waals surface area contributed by atoms with E-state index in [1.165, 1.54) is 30.6 Å². The molecule has 2 atom stereocenters. The molecule has 0 bridgehead atoms. The molecule has 2 rings (SSSR count). The average molecular weight is 246 g/mol. The Morgan fingerprint density at radius 1 is 1.33 bits per heavy atom. The van der Waals surface area contributed by atoms with Gasteiger partial charge in [-0.05, 0) is 42.9 Å². The van der Waals surface area contributed by atoms with Gasteiger partial charge in [0.05, 0.1) is 0 Å². The van der Waals surface area contributed by atoms with Crippen molar-refractivity contribution in [3.05, 3.63) is 35.4 Å². The molecule has 0 aliphatic carbocycles. The molecule has 1 heterocycles. The zero-order valence-electron chi connectivity index (χ0n) is 11.9. The first-order valence-corrected chi connectivity index (χ1v) is 7.11. The van der Waals surface area contributed by atoms with E-state index in [-0.39, 0.29) is 6.04 Å². The molecule has 2 unspecified atom stereocenters. The Bertz CT molecular complexity index is 386. The third-order valence-electron chi connectivity index (χ3n) is 4.29. The van der Waals surface area contributed by atoms with Crippen molar-refractivity contribution in [3.8, 4) is 0 Å². The molecule has 1 aromatic carbocycles. The molecule has 1 aliphatic heterocycles. The van der Waals surface area contributed by atoms with Crippen molar-refractivity contribution in [2.24, 2.45) is 17.6 Å². The van der Waals surface area contributed by atoms with Gasteiger partial charge in [-0.1, -0.05) is 38.1 Å². The molecule has 0 radical (unpaired) electrons. The normalized spacial score (nSPS) is 22.6. The largest absolute Gasteiger partial charge is 0.323 e. The highest BCUT2D eigenvalue weighted by molar-refractivity contribution is 5.28. The van der Waals surface area contributed by atoms with Gasteiger partial charge >= 0.3 is 0 Å². The summed E-state index contributed by atoms with van der Waals surface area (Å²) in [6, 6.07) is 8.63. The van der Waals surface area contributed by atoms with Crippen LogP contribution in [0.15, 0.2) is 24.3 Å². The minimum atomic E-state index is 0.150. The number of likely N-dealkylation sites (tertiary alicyclic amines) is 1. The maximum absolute atomic E-state index is 6.36. The fourth-order valence-corrected chi connectivity index (χ4v) is 2.95. The van der Waals surface area contributed by atoms with Gasteiger partial charge in [-0.2, -0.15) is 0 Å². The number of rotatable bonds is 4. The monoisotopic (exact) mass is 246 g/mol. The van der Waals surface area contributed by atoms with E-state index in [1.54, 1.807) is 0 Å². The lowest BCUT2D eigenvalue weighted by atomic mass is 9.95. The summed E-state index contributed by atoms with van der Waals surface area (Å²) in [5.74, 6) is 1.65. The van der Waals surface area contributed by atoms with E-state index in [0.29, 0.717) is 0 Å². The number of nitrogens with two attached hydrogens (primary N) is 1. The van der Waals surface area contributed by atoms with Gasteiger partial charge in [-0.15, -0.1) is 0 Å². The fourth-order valence-electron chi connectivity index (χ4n) is 2.95. The molecular weight excluding hydrogens is 220 g/mol. The van der Waals surface area contributed by atoms with E-state index in [2.05, 4.69) is 49.9 Å². The van der Waals surface area contributed by atoms with E-state index in [0.717, 1.165) is 18.4 Å². The summed E-state index contributed by atoms with van der Waals surface area (Å²) in [6.07, 6.45) is 1.33. The lowest BCUT2D eigenvalue weighted by Crippen LogP contribution is -2.31. The van der Waals surface area contributed by atoms with E-state index < -0.39 is 0 Å². The lowest BCUT2D eigenvalue weighted by molar-refractivity contribution is 0.287. The molecule has 0 saturated carbocycles. The maximum Gasteiger partial charge on any atom is 0.0426 e. The first-order valence-electron chi connectivity index (χ1n) is 7.11. The van der Waals surface area contributed by atoms with Crippen LogP contribution in [-0.2, 0) is 0 Å². The SMILES string of the molecule is Cc1ccccc1C(N)CN1CCC(C(C)C)C1. The maximum atomic E-state index is 6.36. The second kappa shape index (κ2) is 5.85. The molecule has 18 heavy (non-hydrogen) atoms. The van der Waals surface area contributed by atoms with Crippen LogP contribution >= 0.6 is 0 Å². The van der Waals surface area contributed by atoms with E-state index in [1.807, 2.05) is 0 Å². The molecule has 0 amide bonds. The minimum Gasteiger partial charge on any atom is -0.323 e. The van der Waals surface area contributed by atoms with Crippen LogP contribution in [0.4, 0.5) is 0 Å². The molecule has 1 saturated heterocycles. The third-order valence-corrected chi connectivity index (χ3v) is 4.29. The van der Waals surface area contributed by atoms with Crippen LogP contribution in [-0.4, -0.2) is 24.5 Å². The first-order chi connectivity index (χ1) is 8.58. The van der Waals surface area contributed by atoms with Crippen molar-refractivity contribution in [1.29, 1.82) is 0 Å². The molecule has 1 aliphatic rings. The standard InChI is InChI=1S/C16H26N2/c1-12(2)14-8-9-18(10-14)11-16(17)15-7-5-4-6-13(15)3/h4-7,12,14,16H,8-11,17H2,1-3H3. The number of benzene rings is 1. The molecule has 0 spiro atoms. The van der Waals surface area contributed by atoms with Crippen molar-refractivity contribution in [2.75, 3.05) is 19.6 Å². The van der Waals surface area contributed by atoms with Crippen LogP contribution in [0.3, 0.4) is 0 Å². The van der Waals surface area contributed by atoms with Gasteiger partial charge in [-0.25, -0.2) is 0 Å². The Kier molecular flexibility index (Phi) is 4.41. The average Bonchev–Trinajstić information content (AvgIpc) is 2.78. The Balaban J connectivity index is 1.93. The highest BCUT2D eigenvalue weighted by Crippen LogP contribution is 2.25. The van der Waals surface area contributed by atoms with Crippen LogP contribution in [0.2, 0.25) is 0 Å². The third kappa shape index (κ3) is 3.12. The fraction of sp³-hybridized carbons (Fsp3) is 0.625.